The summed E-state index contributed by atoms with van der Waals surface area (Å²) < 4.78 is 5.48. The molecule has 1 aliphatic carbocycles. The first-order valence-electron chi connectivity index (χ1n) is 7.56. The second-order valence-electron chi connectivity index (χ2n) is 5.69. The number of hydrogen-bond donors (Lipinski definition) is 2. The van der Waals surface area contributed by atoms with Crippen LogP contribution in [0.2, 0.25) is 10.0 Å². The number of halogens is 2. The maximum absolute atomic E-state index is 11.8. The molecule has 0 aliphatic heterocycles. The van der Waals surface area contributed by atoms with Gasteiger partial charge in [-0.25, -0.2) is 0 Å². The van der Waals surface area contributed by atoms with E-state index in [1.165, 1.54) is 0 Å². The summed E-state index contributed by atoms with van der Waals surface area (Å²) in [7, 11) is 0. The molecule has 0 saturated heterocycles. The molecule has 1 amide bonds. The van der Waals surface area contributed by atoms with E-state index in [0.717, 1.165) is 25.7 Å². The Morgan fingerprint density at radius 3 is 2.68 bits per heavy atom. The molecule has 4 nitrogen and oxygen atoms in total. The highest BCUT2D eigenvalue weighted by Gasteiger charge is 2.20. The maximum atomic E-state index is 11.8. The summed E-state index contributed by atoms with van der Waals surface area (Å²) >= 11 is 11.7. The number of hydrogen-bond acceptors (Lipinski definition) is 3. The minimum absolute atomic E-state index is 0.0480. The van der Waals surface area contributed by atoms with Crippen LogP contribution < -0.4 is 10.1 Å². The molecule has 0 spiro atoms. The molecule has 2 rings (SSSR count). The Hall–Kier alpha value is -0.970. The predicted octanol–water partition coefficient (Wildman–Crippen LogP) is 3.43. The van der Waals surface area contributed by atoms with Gasteiger partial charge in [0.05, 0.1) is 19.1 Å². The van der Waals surface area contributed by atoms with Crippen LogP contribution in [0.4, 0.5) is 0 Å². The van der Waals surface area contributed by atoms with Gasteiger partial charge in [0.1, 0.15) is 5.75 Å². The van der Waals surface area contributed by atoms with Crippen molar-refractivity contribution in [2.75, 3.05) is 13.2 Å². The summed E-state index contributed by atoms with van der Waals surface area (Å²) in [5.41, 5.74) is 0. The van der Waals surface area contributed by atoms with Gasteiger partial charge in [-0.3, -0.25) is 4.79 Å². The number of amides is 1. The number of nitrogens with one attached hydrogen (secondary N) is 1. The highest BCUT2D eigenvalue weighted by Crippen LogP contribution is 2.24. The first kappa shape index (κ1) is 17.4. The number of aliphatic hydroxyl groups is 1. The van der Waals surface area contributed by atoms with Crippen molar-refractivity contribution in [3.63, 3.8) is 0 Å². The van der Waals surface area contributed by atoms with Crippen LogP contribution in [0, 0.1) is 5.92 Å². The van der Waals surface area contributed by atoms with Gasteiger partial charge in [0.25, 0.3) is 0 Å². The average Bonchev–Trinajstić information content (AvgIpc) is 2.44. The Bertz CT molecular complexity index is 490. The van der Waals surface area contributed by atoms with Crippen LogP contribution in [-0.4, -0.2) is 30.3 Å². The van der Waals surface area contributed by atoms with Crippen molar-refractivity contribution in [1.29, 1.82) is 0 Å². The zero-order valence-electron chi connectivity index (χ0n) is 12.4. The van der Waals surface area contributed by atoms with Crippen LogP contribution in [0.25, 0.3) is 0 Å². The molecular weight excluding hydrogens is 325 g/mol. The Labute approximate surface area is 140 Å². The number of benzene rings is 1. The van der Waals surface area contributed by atoms with Crippen molar-refractivity contribution in [2.24, 2.45) is 5.92 Å². The van der Waals surface area contributed by atoms with E-state index >= 15 is 0 Å². The SMILES string of the molecule is O=C(CCOc1cc(Cl)cc(Cl)c1)NCC1CCCC(O)C1. The van der Waals surface area contributed by atoms with Crippen molar-refractivity contribution >= 4 is 29.1 Å². The molecule has 0 bridgehead atoms. The number of carbonyl (C=O) groups excluding carboxylic acids is 1. The third-order valence-corrected chi connectivity index (χ3v) is 4.21. The molecule has 22 heavy (non-hydrogen) atoms. The smallest absolute Gasteiger partial charge is 0.223 e. The van der Waals surface area contributed by atoms with Gasteiger partial charge in [-0.05, 0) is 43.4 Å². The fraction of sp³-hybridized carbons (Fsp3) is 0.562. The largest absolute Gasteiger partial charge is 0.493 e. The van der Waals surface area contributed by atoms with Crippen LogP contribution in [0.5, 0.6) is 5.75 Å². The second kappa shape index (κ2) is 8.61. The number of aliphatic hydroxyl groups excluding tert-OH is 1. The van der Waals surface area contributed by atoms with E-state index in [0.29, 0.717) is 28.3 Å². The van der Waals surface area contributed by atoms with Crippen molar-refractivity contribution in [3.05, 3.63) is 28.2 Å². The van der Waals surface area contributed by atoms with Crippen molar-refractivity contribution < 1.29 is 14.6 Å². The van der Waals surface area contributed by atoms with Gasteiger partial charge in [-0.2, -0.15) is 0 Å². The van der Waals surface area contributed by atoms with Gasteiger partial charge in [0.2, 0.25) is 5.91 Å². The lowest BCUT2D eigenvalue weighted by Crippen LogP contribution is -2.33. The van der Waals surface area contributed by atoms with E-state index in [4.69, 9.17) is 27.9 Å². The Morgan fingerprint density at radius 2 is 2.00 bits per heavy atom. The molecule has 6 heteroatoms. The van der Waals surface area contributed by atoms with Crippen LogP contribution >= 0.6 is 23.2 Å². The Morgan fingerprint density at radius 1 is 1.27 bits per heavy atom. The summed E-state index contributed by atoms with van der Waals surface area (Å²) in [5, 5.41) is 13.5. The van der Waals surface area contributed by atoms with E-state index in [1.807, 2.05) is 0 Å². The number of ether oxygens (including phenoxy) is 1. The summed E-state index contributed by atoms with van der Waals surface area (Å²) in [6.45, 7) is 0.898. The summed E-state index contributed by atoms with van der Waals surface area (Å²) in [6.07, 6.45) is 3.80. The maximum Gasteiger partial charge on any atom is 0.223 e. The first-order valence-corrected chi connectivity index (χ1v) is 8.32. The number of carbonyl (C=O) groups is 1. The third-order valence-electron chi connectivity index (χ3n) is 3.78. The molecule has 1 aliphatic rings. The second-order valence-corrected chi connectivity index (χ2v) is 6.57. The molecule has 1 aromatic carbocycles. The van der Waals surface area contributed by atoms with Gasteiger partial charge in [-0.15, -0.1) is 0 Å². The lowest BCUT2D eigenvalue weighted by molar-refractivity contribution is -0.121. The highest BCUT2D eigenvalue weighted by molar-refractivity contribution is 6.34. The average molecular weight is 346 g/mol. The van der Waals surface area contributed by atoms with E-state index in [-0.39, 0.29) is 25.0 Å². The minimum atomic E-state index is -0.216. The lowest BCUT2D eigenvalue weighted by atomic mass is 9.87. The fourth-order valence-corrected chi connectivity index (χ4v) is 3.17. The molecule has 1 fully saturated rings. The van der Waals surface area contributed by atoms with Crippen molar-refractivity contribution in [1.82, 2.24) is 5.32 Å². The van der Waals surface area contributed by atoms with E-state index in [1.54, 1.807) is 18.2 Å². The molecule has 2 N–H and O–H groups in total. The van der Waals surface area contributed by atoms with E-state index < -0.39 is 0 Å². The van der Waals surface area contributed by atoms with Gasteiger partial charge < -0.3 is 15.2 Å². The van der Waals surface area contributed by atoms with Crippen LogP contribution in [-0.2, 0) is 4.79 Å². The highest BCUT2D eigenvalue weighted by atomic mass is 35.5. The predicted molar refractivity (Wildman–Crippen MR) is 87.5 cm³/mol. The molecule has 122 valence electrons. The Kier molecular flexibility index (Phi) is 6.80. The van der Waals surface area contributed by atoms with E-state index in [9.17, 15) is 9.90 Å². The standard InChI is InChI=1S/C16H21Cl2NO3/c17-12-7-13(18)9-15(8-12)22-5-4-16(21)19-10-11-2-1-3-14(20)6-11/h7-9,11,14,20H,1-6,10H2,(H,19,21). The third kappa shape index (κ3) is 6.03. The number of rotatable bonds is 6. The molecule has 2 unspecified atom stereocenters. The van der Waals surface area contributed by atoms with Crippen molar-refractivity contribution in [2.45, 2.75) is 38.2 Å². The molecule has 1 saturated carbocycles. The molecule has 0 radical (unpaired) electrons. The Balaban J connectivity index is 1.65. The zero-order chi connectivity index (χ0) is 15.9. The minimum Gasteiger partial charge on any atom is -0.493 e. The van der Waals surface area contributed by atoms with Crippen LogP contribution in [0.3, 0.4) is 0 Å². The summed E-state index contributed by atoms with van der Waals surface area (Å²) in [4.78, 5) is 11.8. The van der Waals surface area contributed by atoms with Gasteiger partial charge in [0.15, 0.2) is 0 Å². The van der Waals surface area contributed by atoms with Gasteiger partial charge in [-0.1, -0.05) is 29.6 Å². The molecule has 0 heterocycles. The van der Waals surface area contributed by atoms with Crippen molar-refractivity contribution in [3.8, 4) is 5.75 Å². The topological polar surface area (TPSA) is 58.6 Å². The van der Waals surface area contributed by atoms with Crippen LogP contribution in [0.1, 0.15) is 32.1 Å². The lowest BCUT2D eigenvalue weighted by Gasteiger charge is -2.25. The van der Waals surface area contributed by atoms with E-state index in [2.05, 4.69) is 5.32 Å². The first-order chi connectivity index (χ1) is 10.5. The normalized spacial score (nSPS) is 21.4. The summed E-state index contributed by atoms with van der Waals surface area (Å²) in [6, 6.07) is 4.95. The monoisotopic (exact) mass is 345 g/mol. The molecular formula is C16H21Cl2NO3. The molecule has 2 atom stereocenters. The molecule has 1 aromatic rings. The summed E-state index contributed by atoms with van der Waals surface area (Å²) in [5.74, 6) is 0.884. The van der Waals surface area contributed by atoms with Gasteiger partial charge >= 0.3 is 0 Å². The quantitative estimate of drug-likeness (QED) is 0.830. The fourth-order valence-electron chi connectivity index (χ4n) is 2.67. The van der Waals surface area contributed by atoms with Crippen LogP contribution in [0.15, 0.2) is 18.2 Å². The molecule has 0 aromatic heterocycles. The van der Waals surface area contributed by atoms with Gasteiger partial charge in [0, 0.05) is 16.6 Å². The zero-order valence-corrected chi connectivity index (χ0v) is 13.9.